The number of aliphatic hydroxyl groups is 1. The summed E-state index contributed by atoms with van der Waals surface area (Å²) in [5.74, 6) is 0. The van der Waals surface area contributed by atoms with Crippen molar-refractivity contribution in [1.82, 2.24) is 4.90 Å². The largest absolute Gasteiger partial charge is 0.396 e. The third-order valence-corrected chi connectivity index (χ3v) is 3.27. The fourth-order valence-corrected chi connectivity index (χ4v) is 2.14. The Kier molecular flexibility index (Phi) is 5.22. The van der Waals surface area contributed by atoms with E-state index in [4.69, 9.17) is 4.74 Å². The number of ether oxygens (including phenoxy) is 1. The van der Waals surface area contributed by atoms with Gasteiger partial charge in [-0.2, -0.15) is 13.2 Å². The van der Waals surface area contributed by atoms with Crippen LogP contribution in [-0.4, -0.2) is 56.1 Å². The lowest BCUT2D eigenvalue weighted by Gasteiger charge is -2.38. The van der Waals surface area contributed by atoms with E-state index in [1.165, 1.54) is 0 Å². The van der Waals surface area contributed by atoms with Crippen LogP contribution in [0.4, 0.5) is 13.2 Å². The molecule has 1 fully saturated rings. The number of rotatable bonds is 5. The molecule has 1 aliphatic heterocycles. The van der Waals surface area contributed by atoms with Gasteiger partial charge in [-0.25, -0.2) is 0 Å². The summed E-state index contributed by atoms with van der Waals surface area (Å²) in [6.45, 7) is 1.63. The summed E-state index contributed by atoms with van der Waals surface area (Å²) in [6.07, 6.45) is -3.50. The third-order valence-electron chi connectivity index (χ3n) is 3.27. The second-order valence-electron chi connectivity index (χ2n) is 4.87. The number of nitrogens with zero attached hydrogens (tertiary/aromatic N) is 1. The smallest absolute Gasteiger partial charge is 0.390 e. The summed E-state index contributed by atoms with van der Waals surface area (Å²) in [6, 6.07) is 0. The number of alkyl halides is 3. The summed E-state index contributed by atoms with van der Waals surface area (Å²) in [5.41, 5.74) is -0.293. The van der Waals surface area contributed by atoms with Crippen LogP contribution in [0.15, 0.2) is 0 Å². The fraction of sp³-hybridized carbons (Fsp3) is 1.00. The molecule has 0 atom stereocenters. The summed E-state index contributed by atoms with van der Waals surface area (Å²) in [7, 11) is 1.67. The lowest BCUT2D eigenvalue weighted by atomic mass is 9.80. The van der Waals surface area contributed by atoms with E-state index in [2.05, 4.69) is 0 Å². The molecular weight excluding hydrogens is 235 g/mol. The molecule has 0 saturated carbocycles. The average molecular weight is 255 g/mol. The van der Waals surface area contributed by atoms with E-state index in [9.17, 15) is 18.3 Å². The Labute approximate surface area is 99.5 Å². The summed E-state index contributed by atoms with van der Waals surface area (Å²) >= 11 is 0. The van der Waals surface area contributed by atoms with Gasteiger partial charge in [0.25, 0.3) is 0 Å². The normalized spacial score (nSPS) is 20.8. The van der Waals surface area contributed by atoms with Crippen LogP contribution in [0.3, 0.4) is 0 Å². The lowest BCUT2D eigenvalue weighted by molar-refractivity contribution is -0.139. The van der Waals surface area contributed by atoms with Gasteiger partial charge in [-0.3, -0.25) is 0 Å². The Morgan fingerprint density at radius 3 is 2.35 bits per heavy atom. The van der Waals surface area contributed by atoms with E-state index in [1.54, 1.807) is 11.9 Å². The van der Waals surface area contributed by atoms with Gasteiger partial charge in [0.15, 0.2) is 0 Å². The van der Waals surface area contributed by atoms with Crippen LogP contribution in [0.5, 0.6) is 0 Å². The van der Waals surface area contributed by atoms with E-state index >= 15 is 0 Å². The molecule has 1 N–H and O–H groups in total. The maximum absolute atomic E-state index is 12.1. The van der Waals surface area contributed by atoms with Crippen molar-refractivity contribution in [2.75, 3.05) is 40.0 Å². The Hall–Kier alpha value is -0.330. The van der Waals surface area contributed by atoms with Crippen molar-refractivity contribution in [3.05, 3.63) is 0 Å². The van der Waals surface area contributed by atoms with E-state index in [1.807, 2.05) is 0 Å². The first-order valence-corrected chi connectivity index (χ1v) is 5.81. The van der Waals surface area contributed by atoms with Gasteiger partial charge in [0, 0.05) is 31.7 Å². The van der Waals surface area contributed by atoms with E-state index in [0.29, 0.717) is 32.6 Å². The molecule has 1 aliphatic rings. The first kappa shape index (κ1) is 14.7. The predicted molar refractivity (Wildman–Crippen MR) is 57.7 cm³/mol. The highest BCUT2D eigenvalue weighted by Crippen LogP contribution is 2.31. The first-order valence-electron chi connectivity index (χ1n) is 5.81. The van der Waals surface area contributed by atoms with Crippen molar-refractivity contribution >= 4 is 0 Å². The minimum Gasteiger partial charge on any atom is -0.396 e. The third kappa shape index (κ3) is 5.23. The van der Waals surface area contributed by atoms with Crippen LogP contribution in [0.25, 0.3) is 0 Å². The molecule has 102 valence electrons. The van der Waals surface area contributed by atoms with E-state index in [0.717, 1.165) is 0 Å². The predicted octanol–water partition coefficient (Wildman–Crippen LogP) is 1.66. The first-order chi connectivity index (χ1) is 7.87. The van der Waals surface area contributed by atoms with Crippen LogP contribution in [0.2, 0.25) is 0 Å². The Bertz CT molecular complexity index is 227. The van der Waals surface area contributed by atoms with Crippen molar-refractivity contribution < 1.29 is 23.0 Å². The number of hydrogen-bond donors (Lipinski definition) is 1. The van der Waals surface area contributed by atoms with Gasteiger partial charge >= 0.3 is 6.18 Å². The van der Waals surface area contributed by atoms with Crippen molar-refractivity contribution in [3.8, 4) is 0 Å². The zero-order valence-electron chi connectivity index (χ0n) is 10.1. The molecule has 6 heteroatoms. The van der Waals surface area contributed by atoms with Gasteiger partial charge in [-0.05, 0) is 19.9 Å². The van der Waals surface area contributed by atoms with Gasteiger partial charge in [0.2, 0.25) is 0 Å². The quantitative estimate of drug-likeness (QED) is 0.811. The summed E-state index contributed by atoms with van der Waals surface area (Å²) in [4.78, 5) is 1.65. The molecule has 0 amide bonds. The maximum atomic E-state index is 12.1. The van der Waals surface area contributed by atoms with Gasteiger partial charge < -0.3 is 14.7 Å². The highest BCUT2D eigenvalue weighted by molar-refractivity contribution is 4.84. The molecule has 17 heavy (non-hydrogen) atoms. The molecular formula is C11H20F3NO2. The van der Waals surface area contributed by atoms with Crippen LogP contribution in [0, 0.1) is 5.41 Å². The minimum atomic E-state index is -4.11. The van der Waals surface area contributed by atoms with Crippen molar-refractivity contribution in [2.45, 2.75) is 25.4 Å². The van der Waals surface area contributed by atoms with Crippen LogP contribution in [-0.2, 0) is 4.74 Å². The van der Waals surface area contributed by atoms with Crippen molar-refractivity contribution in [1.29, 1.82) is 0 Å². The highest BCUT2D eigenvalue weighted by atomic mass is 19.4. The second-order valence-corrected chi connectivity index (χ2v) is 4.87. The van der Waals surface area contributed by atoms with Crippen LogP contribution >= 0.6 is 0 Å². The molecule has 0 aliphatic carbocycles. The van der Waals surface area contributed by atoms with Gasteiger partial charge in [-0.1, -0.05) is 0 Å². The molecule has 1 heterocycles. The Morgan fingerprint density at radius 1 is 1.29 bits per heavy atom. The lowest BCUT2D eigenvalue weighted by Crippen LogP contribution is -2.43. The van der Waals surface area contributed by atoms with E-state index < -0.39 is 12.6 Å². The summed E-state index contributed by atoms with van der Waals surface area (Å²) in [5, 5.41) is 9.41. The van der Waals surface area contributed by atoms with Gasteiger partial charge in [-0.15, -0.1) is 0 Å². The zero-order valence-corrected chi connectivity index (χ0v) is 10.1. The SMILES string of the molecule is CN(CCC(F)(F)F)CC1(CO)CCOCC1. The molecule has 0 spiro atoms. The van der Waals surface area contributed by atoms with Crippen LogP contribution in [0.1, 0.15) is 19.3 Å². The highest BCUT2D eigenvalue weighted by Gasteiger charge is 2.34. The molecule has 0 radical (unpaired) electrons. The number of aliphatic hydroxyl groups excluding tert-OH is 1. The molecule has 1 saturated heterocycles. The molecule has 0 aromatic carbocycles. The maximum Gasteiger partial charge on any atom is 0.390 e. The van der Waals surface area contributed by atoms with Crippen molar-refractivity contribution in [3.63, 3.8) is 0 Å². The van der Waals surface area contributed by atoms with Gasteiger partial charge in [0.1, 0.15) is 0 Å². The number of hydrogen-bond acceptors (Lipinski definition) is 3. The standard InChI is InChI=1S/C11H20F3NO2/c1-15(5-2-11(12,13)14)8-10(9-16)3-6-17-7-4-10/h16H,2-9H2,1H3. The molecule has 0 aromatic rings. The molecule has 3 nitrogen and oxygen atoms in total. The fourth-order valence-electron chi connectivity index (χ4n) is 2.14. The minimum absolute atomic E-state index is 0.00666. The average Bonchev–Trinajstić information content (AvgIpc) is 2.27. The summed E-state index contributed by atoms with van der Waals surface area (Å²) < 4.78 is 41.4. The molecule has 0 unspecified atom stereocenters. The monoisotopic (exact) mass is 255 g/mol. The zero-order chi connectivity index (χ0) is 12.9. The van der Waals surface area contributed by atoms with Crippen molar-refractivity contribution in [2.24, 2.45) is 5.41 Å². The molecule has 1 rings (SSSR count). The number of halogens is 3. The molecule has 0 bridgehead atoms. The Morgan fingerprint density at radius 2 is 1.88 bits per heavy atom. The Balaban J connectivity index is 2.39. The van der Waals surface area contributed by atoms with E-state index in [-0.39, 0.29) is 18.6 Å². The van der Waals surface area contributed by atoms with Gasteiger partial charge in [0.05, 0.1) is 13.0 Å². The topological polar surface area (TPSA) is 32.7 Å². The molecule has 0 aromatic heterocycles. The van der Waals surface area contributed by atoms with Crippen LogP contribution < -0.4 is 0 Å². The second kappa shape index (κ2) is 6.02.